The first-order chi connectivity index (χ1) is 8.24. The number of amides is 1. The van der Waals surface area contributed by atoms with E-state index in [1.54, 1.807) is 6.20 Å². The van der Waals surface area contributed by atoms with Gasteiger partial charge < -0.3 is 0 Å². The summed E-state index contributed by atoms with van der Waals surface area (Å²) in [6, 6.07) is 9.62. The summed E-state index contributed by atoms with van der Waals surface area (Å²) in [6.45, 7) is 1.86. The summed E-state index contributed by atoms with van der Waals surface area (Å²) >= 11 is 0. The number of pyridine rings is 1. The highest BCUT2D eigenvalue weighted by atomic mass is 16.2. The number of carbonyl (C=O) groups excluding carboxylic acids is 1. The maximum absolute atomic E-state index is 11.7. The molecule has 84 valence electrons. The summed E-state index contributed by atoms with van der Waals surface area (Å²) in [6.07, 6.45) is 2.15. The summed E-state index contributed by atoms with van der Waals surface area (Å²) in [5.74, 6) is 0.0118. The molecular formula is C13H11N3O. The summed E-state index contributed by atoms with van der Waals surface area (Å²) in [5.41, 5.74) is 2.49. The first-order valence-electron chi connectivity index (χ1n) is 5.46. The van der Waals surface area contributed by atoms with Gasteiger partial charge in [-0.1, -0.05) is 12.1 Å². The van der Waals surface area contributed by atoms with Crippen LogP contribution in [0.25, 0.3) is 10.9 Å². The molecule has 17 heavy (non-hydrogen) atoms. The molecule has 1 aliphatic heterocycles. The Kier molecular flexibility index (Phi) is 2.14. The molecule has 0 N–H and O–H groups in total. The lowest BCUT2D eigenvalue weighted by Crippen LogP contribution is -2.19. The molecule has 4 nitrogen and oxygen atoms in total. The van der Waals surface area contributed by atoms with Gasteiger partial charge in [0.2, 0.25) is 0 Å². The van der Waals surface area contributed by atoms with Crippen LogP contribution in [0.1, 0.15) is 13.3 Å². The summed E-state index contributed by atoms with van der Waals surface area (Å²) in [7, 11) is 0. The Morgan fingerprint density at radius 1 is 1.29 bits per heavy atom. The van der Waals surface area contributed by atoms with Gasteiger partial charge in [-0.05, 0) is 25.1 Å². The highest BCUT2D eigenvalue weighted by Gasteiger charge is 2.22. The van der Waals surface area contributed by atoms with E-state index in [1.165, 1.54) is 5.01 Å². The number of carbonyl (C=O) groups is 1. The van der Waals surface area contributed by atoms with Gasteiger partial charge in [-0.25, -0.2) is 5.01 Å². The van der Waals surface area contributed by atoms with E-state index in [1.807, 2.05) is 37.3 Å². The van der Waals surface area contributed by atoms with Gasteiger partial charge in [0, 0.05) is 17.3 Å². The van der Waals surface area contributed by atoms with Gasteiger partial charge >= 0.3 is 0 Å². The molecule has 1 amide bonds. The fourth-order valence-electron chi connectivity index (χ4n) is 1.94. The second-order valence-corrected chi connectivity index (χ2v) is 4.10. The molecule has 0 atom stereocenters. The predicted molar refractivity (Wildman–Crippen MR) is 67.0 cm³/mol. The van der Waals surface area contributed by atoms with Gasteiger partial charge in [0.25, 0.3) is 5.91 Å². The fourth-order valence-corrected chi connectivity index (χ4v) is 1.94. The summed E-state index contributed by atoms with van der Waals surface area (Å²) < 4.78 is 0. The first-order valence-corrected chi connectivity index (χ1v) is 5.46. The van der Waals surface area contributed by atoms with Crippen molar-refractivity contribution in [2.45, 2.75) is 13.3 Å². The molecule has 0 radical (unpaired) electrons. The Labute approximate surface area is 98.6 Å². The van der Waals surface area contributed by atoms with Crippen LogP contribution in [0, 0.1) is 0 Å². The summed E-state index contributed by atoms with van der Waals surface area (Å²) in [4.78, 5) is 16.0. The molecule has 1 aliphatic rings. The molecule has 2 heterocycles. The van der Waals surface area contributed by atoms with Gasteiger partial charge in [-0.3, -0.25) is 9.78 Å². The van der Waals surface area contributed by atoms with E-state index in [0.29, 0.717) is 6.42 Å². The molecule has 2 aromatic rings. The van der Waals surface area contributed by atoms with Crippen LogP contribution in [0.5, 0.6) is 0 Å². The fraction of sp³-hybridized carbons (Fsp3) is 0.154. The largest absolute Gasteiger partial charge is 0.272 e. The third-order valence-electron chi connectivity index (χ3n) is 2.75. The molecule has 4 heteroatoms. The number of rotatable bonds is 1. The minimum absolute atomic E-state index is 0.0118. The maximum atomic E-state index is 11.7. The molecule has 0 spiro atoms. The Bertz CT molecular complexity index is 633. The average Bonchev–Trinajstić information content (AvgIpc) is 2.68. The molecule has 0 aliphatic carbocycles. The van der Waals surface area contributed by atoms with E-state index in [0.717, 1.165) is 22.3 Å². The zero-order valence-corrected chi connectivity index (χ0v) is 9.42. The second-order valence-electron chi connectivity index (χ2n) is 4.10. The Hall–Kier alpha value is -2.23. The van der Waals surface area contributed by atoms with Gasteiger partial charge in [0.1, 0.15) is 0 Å². The lowest BCUT2D eigenvalue weighted by atomic mass is 10.2. The van der Waals surface area contributed by atoms with Gasteiger partial charge in [0.05, 0.1) is 17.6 Å². The molecule has 0 bridgehead atoms. The molecule has 0 fully saturated rings. The van der Waals surface area contributed by atoms with E-state index < -0.39 is 0 Å². The molecular weight excluding hydrogens is 214 g/mol. The molecule has 0 saturated carbocycles. The van der Waals surface area contributed by atoms with Crippen LogP contribution in [0.2, 0.25) is 0 Å². The smallest absolute Gasteiger partial charge is 0.253 e. The molecule has 3 rings (SSSR count). The number of benzene rings is 1. The van der Waals surface area contributed by atoms with E-state index in [-0.39, 0.29) is 5.91 Å². The summed E-state index contributed by atoms with van der Waals surface area (Å²) in [5, 5.41) is 6.73. The molecule has 1 aromatic carbocycles. The minimum atomic E-state index is 0.0118. The van der Waals surface area contributed by atoms with Crippen LogP contribution in [0.4, 0.5) is 5.69 Å². The van der Waals surface area contributed by atoms with Crippen molar-refractivity contribution in [2.24, 2.45) is 5.10 Å². The van der Waals surface area contributed by atoms with Crippen LogP contribution >= 0.6 is 0 Å². The maximum Gasteiger partial charge on any atom is 0.253 e. The number of hydrazone groups is 1. The van der Waals surface area contributed by atoms with Gasteiger partial charge in [-0.2, -0.15) is 5.10 Å². The minimum Gasteiger partial charge on any atom is -0.272 e. The third kappa shape index (κ3) is 1.67. The molecule has 1 aromatic heterocycles. The van der Waals surface area contributed by atoms with E-state index in [9.17, 15) is 4.79 Å². The van der Waals surface area contributed by atoms with Crippen molar-refractivity contribution in [3.8, 4) is 0 Å². The molecule has 0 saturated heterocycles. The Morgan fingerprint density at radius 2 is 2.18 bits per heavy atom. The monoisotopic (exact) mass is 225 g/mol. The van der Waals surface area contributed by atoms with Crippen LogP contribution in [-0.4, -0.2) is 16.6 Å². The standard InChI is InChI=1S/C13H11N3O/c1-9-7-13(17)16(15-9)11-5-4-10-3-2-6-14-12(10)8-11/h2-6,8H,7H2,1H3. The van der Waals surface area contributed by atoms with Gasteiger partial charge in [-0.15, -0.1) is 0 Å². The average molecular weight is 225 g/mol. The van der Waals surface area contributed by atoms with Crippen molar-refractivity contribution in [1.82, 2.24) is 4.98 Å². The van der Waals surface area contributed by atoms with Crippen molar-refractivity contribution in [3.05, 3.63) is 36.5 Å². The number of fused-ring (bicyclic) bond motifs is 1. The number of hydrogen-bond donors (Lipinski definition) is 0. The molecule has 0 unspecified atom stereocenters. The first kappa shape index (κ1) is 9.96. The number of aromatic nitrogens is 1. The van der Waals surface area contributed by atoms with Crippen molar-refractivity contribution < 1.29 is 4.79 Å². The third-order valence-corrected chi connectivity index (χ3v) is 2.75. The second kappa shape index (κ2) is 3.66. The Balaban J connectivity index is 2.09. The van der Waals surface area contributed by atoms with Gasteiger partial charge in [0.15, 0.2) is 0 Å². The zero-order valence-electron chi connectivity index (χ0n) is 9.42. The zero-order chi connectivity index (χ0) is 11.8. The lowest BCUT2D eigenvalue weighted by Gasteiger charge is -2.11. The normalized spacial score (nSPS) is 15.5. The quantitative estimate of drug-likeness (QED) is 0.747. The van der Waals surface area contributed by atoms with Crippen LogP contribution in [0.3, 0.4) is 0 Å². The predicted octanol–water partition coefficient (Wildman–Crippen LogP) is 2.35. The number of hydrogen-bond acceptors (Lipinski definition) is 3. The topological polar surface area (TPSA) is 45.6 Å². The van der Waals surface area contributed by atoms with Crippen molar-refractivity contribution in [1.29, 1.82) is 0 Å². The van der Waals surface area contributed by atoms with Crippen LogP contribution in [0.15, 0.2) is 41.6 Å². The Morgan fingerprint density at radius 3 is 2.94 bits per heavy atom. The van der Waals surface area contributed by atoms with E-state index in [2.05, 4.69) is 10.1 Å². The highest BCUT2D eigenvalue weighted by Crippen LogP contribution is 2.24. The van der Waals surface area contributed by atoms with E-state index >= 15 is 0 Å². The van der Waals surface area contributed by atoms with E-state index in [4.69, 9.17) is 0 Å². The highest BCUT2D eigenvalue weighted by molar-refractivity contribution is 6.12. The van der Waals surface area contributed by atoms with Crippen molar-refractivity contribution in [3.63, 3.8) is 0 Å². The van der Waals surface area contributed by atoms with Crippen LogP contribution < -0.4 is 5.01 Å². The number of nitrogens with zero attached hydrogens (tertiary/aromatic N) is 3. The number of anilines is 1. The van der Waals surface area contributed by atoms with Crippen LogP contribution in [-0.2, 0) is 4.79 Å². The van der Waals surface area contributed by atoms with Crippen molar-refractivity contribution in [2.75, 3.05) is 5.01 Å². The lowest BCUT2D eigenvalue weighted by molar-refractivity contribution is -0.116. The SMILES string of the molecule is CC1=NN(c2ccc3cccnc3c2)C(=O)C1. The van der Waals surface area contributed by atoms with Crippen molar-refractivity contribution >= 4 is 28.2 Å².